The molecule has 0 spiro atoms. The fraction of sp³-hybridized carbons (Fsp3) is 0.400. The van der Waals surface area contributed by atoms with Crippen molar-refractivity contribution in [3.05, 3.63) is 24.5 Å². The second-order valence-corrected chi connectivity index (χ2v) is 2.97. The van der Waals surface area contributed by atoms with E-state index in [9.17, 15) is 4.79 Å². The maximum atomic E-state index is 11.3. The number of aromatic nitrogens is 1. The Bertz CT molecular complexity index is 275. The van der Waals surface area contributed by atoms with E-state index in [1.807, 2.05) is 0 Å². The molecule has 0 aromatic carbocycles. The molecule has 76 valence electrons. The maximum absolute atomic E-state index is 11.3. The number of carbonyl (C=O) groups is 1. The highest BCUT2D eigenvalue weighted by Crippen LogP contribution is 2.04. The van der Waals surface area contributed by atoms with Crippen molar-refractivity contribution in [2.75, 3.05) is 11.9 Å². The van der Waals surface area contributed by atoms with Crippen LogP contribution in [0.3, 0.4) is 0 Å². The summed E-state index contributed by atoms with van der Waals surface area (Å²) < 4.78 is 0. The van der Waals surface area contributed by atoms with E-state index in [1.165, 1.54) is 0 Å². The predicted octanol–water partition coefficient (Wildman–Crippen LogP) is 1.18. The molecular formula is C10H14N2O2. The highest BCUT2D eigenvalue weighted by molar-refractivity contribution is 5.90. The number of aliphatic hydroxyl groups excluding tert-OH is 1. The molecule has 0 atom stereocenters. The Hall–Kier alpha value is -1.42. The van der Waals surface area contributed by atoms with E-state index in [2.05, 4.69) is 10.3 Å². The molecule has 0 saturated heterocycles. The Morgan fingerprint density at radius 2 is 2.36 bits per heavy atom. The van der Waals surface area contributed by atoms with E-state index in [0.29, 0.717) is 24.9 Å². The zero-order chi connectivity index (χ0) is 10.2. The summed E-state index contributed by atoms with van der Waals surface area (Å²) in [6.45, 7) is 0.139. The Kier molecular flexibility index (Phi) is 4.64. The van der Waals surface area contributed by atoms with Gasteiger partial charge in [0.15, 0.2) is 0 Å². The summed E-state index contributed by atoms with van der Waals surface area (Å²) in [6, 6.07) is 3.56. The number of unbranched alkanes of at least 4 members (excludes halogenated alkanes) is 1. The van der Waals surface area contributed by atoms with Crippen molar-refractivity contribution < 1.29 is 9.90 Å². The monoisotopic (exact) mass is 194 g/mol. The van der Waals surface area contributed by atoms with Crippen LogP contribution in [0.25, 0.3) is 0 Å². The van der Waals surface area contributed by atoms with E-state index < -0.39 is 0 Å². The molecule has 0 unspecified atom stereocenters. The van der Waals surface area contributed by atoms with Crippen LogP contribution in [0.5, 0.6) is 0 Å². The van der Waals surface area contributed by atoms with Crippen molar-refractivity contribution >= 4 is 11.6 Å². The highest BCUT2D eigenvalue weighted by atomic mass is 16.2. The normalized spacial score (nSPS) is 9.79. The van der Waals surface area contributed by atoms with Crippen molar-refractivity contribution in [2.24, 2.45) is 0 Å². The summed E-state index contributed by atoms with van der Waals surface area (Å²) in [6.07, 6.45) is 5.07. The van der Waals surface area contributed by atoms with Gasteiger partial charge in [-0.05, 0) is 25.0 Å². The molecule has 1 rings (SSSR count). The van der Waals surface area contributed by atoms with Gasteiger partial charge >= 0.3 is 0 Å². The van der Waals surface area contributed by atoms with Crippen LogP contribution in [0.4, 0.5) is 5.69 Å². The molecule has 0 aliphatic carbocycles. The molecule has 4 nitrogen and oxygen atoms in total. The third kappa shape index (κ3) is 4.00. The average molecular weight is 194 g/mol. The molecule has 1 amide bonds. The lowest BCUT2D eigenvalue weighted by Gasteiger charge is -2.03. The molecule has 0 fully saturated rings. The van der Waals surface area contributed by atoms with E-state index in [1.54, 1.807) is 24.5 Å². The number of hydrogen-bond acceptors (Lipinski definition) is 3. The van der Waals surface area contributed by atoms with Crippen LogP contribution in [0.15, 0.2) is 24.5 Å². The first-order valence-electron chi connectivity index (χ1n) is 4.63. The SMILES string of the molecule is O=C(CCCCO)Nc1cccnc1. The lowest BCUT2D eigenvalue weighted by atomic mass is 10.2. The van der Waals surface area contributed by atoms with Crippen LogP contribution in [0, 0.1) is 0 Å². The molecule has 0 aliphatic heterocycles. The predicted molar refractivity (Wildman–Crippen MR) is 53.8 cm³/mol. The molecule has 1 heterocycles. The molecule has 1 aromatic rings. The number of amides is 1. The van der Waals surface area contributed by atoms with Crippen LogP contribution >= 0.6 is 0 Å². The first-order chi connectivity index (χ1) is 6.83. The molecule has 0 aliphatic rings. The average Bonchev–Trinajstić information content (AvgIpc) is 2.20. The molecule has 0 radical (unpaired) electrons. The summed E-state index contributed by atoms with van der Waals surface area (Å²) in [5.41, 5.74) is 0.710. The van der Waals surface area contributed by atoms with Crippen LogP contribution in [0.1, 0.15) is 19.3 Å². The number of anilines is 1. The standard InChI is InChI=1S/C10H14N2O2/c13-7-2-1-5-10(14)12-9-4-3-6-11-8-9/h3-4,6,8,13H,1-2,5,7H2,(H,12,14). The molecule has 2 N–H and O–H groups in total. The Morgan fingerprint density at radius 1 is 1.50 bits per heavy atom. The van der Waals surface area contributed by atoms with Gasteiger partial charge in [-0.2, -0.15) is 0 Å². The Morgan fingerprint density at radius 3 is 3.00 bits per heavy atom. The maximum Gasteiger partial charge on any atom is 0.224 e. The van der Waals surface area contributed by atoms with Gasteiger partial charge in [-0.25, -0.2) is 0 Å². The minimum Gasteiger partial charge on any atom is -0.396 e. The van der Waals surface area contributed by atoms with Gasteiger partial charge in [-0.3, -0.25) is 9.78 Å². The summed E-state index contributed by atoms with van der Waals surface area (Å²) in [5.74, 6) is -0.0357. The van der Waals surface area contributed by atoms with Crippen LogP contribution in [-0.2, 0) is 4.79 Å². The number of nitrogens with one attached hydrogen (secondary N) is 1. The van der Waals surface area contributed by atoms with Gasteiger partial charge in [0, 0.05) is 19.2 Å². The summed E-state index contributed by atoms with van der Waals surface area (Å²) in [4.78, 5) is 15.1. The van der Waals surface area contributed by atoms with Crippen molar-refractivity contribution in [1.82, 2.24) is 4.98 Å². The quantitative estimate of drug-likeness (QED) is 0.692. The van der Waals surface area contributed by atoms with Gasteiger partial charge < -0.3 is 10.4 Å². The van der Waals surface area contributed by atoms with Crippen LogP contribution in [-0.4, -0.2) is 22.6 Å². The molecule has 1 aromatic heterocycles. The number of carbonyl (C=O) groups excluding carboxylic acids is 1. The number of rotatable bonds is 5. The first-order valence-corrected chi connectivity index (χ1v) is 4.63. The minimum absolute atomic E-state index is 0.0357. The van der Waals surface area contributed by atoms with Gasteiger partial charge in [-0.15, -0.1) is 0 Å². The second kappa shape index (κ2) is 6.10. The zero-order valence-corrected chi connectivity index (χ0v) is 7.94. The van der Waals surface area contributed by atoms with Gasteiger partial charge in [0.1, 0.15) is 0 Å². The van der Waals surface area contributed by atoms with E-state index in [4.69, 9.17) is 5.11 Å². The van der Waals surface area contributed by atoms with E-state index in [-0.39, 0.29) is 12.5 Å². The molecule has 0 bridgehead atoms. The summed E-state index contributed by atoms with van der Waals surface area (Å²) >= 11 is 0. The second-order valence-electron chi connectivity index (χ2n) is 2.97. The molecular weight excluding hydrogens is 180 g/mol. The third-order valence-electron chi connectivity index (χ3n) is 1.76. The van der Waals surface area contributed by atoms with Crippen LogP contribution in [0.2, 0.25) is 0 Å². The highest BCUT2D eigenvalue weighted by Gasteiger charge is 2.00. The fourth-order valence-electron chi connectivity index (χ4n) is 1.06. The number of aliphatic hydroxyl groups is 1. The lowest BCUT2D eigenvalue weighted by Crippen LogP contribution is -2.11. The van der Waals surface area contributed by atoms with Crippen molar-refractivity contribution in [1.29, 1.82) is 0 Å². The molecule has 14 heavy (non-hydrogen) atoms. The van der Waals surface area contributed by atoms with Gasteiger partial charge in [0.05, 0.1) is 11.9 Å². The van der Waals surface area contributed by atoms with E-state index >= 15 is 0 Å². The van der Waals surface area contributed by atoms with Gasteiger partial charge in [0.25, 0.3) is 0 Å². The molecule has 0 saturated carbocycles. The number of nitrogens with zero attached hydrogens (tertiary/aromatic N) is 1. The topological polar surface area (TPSA) is 62.2 Å². The smallest absolute Gasteiger partial charge is 0.224 e. The van der Waals surface area contributed by atoms with Crippen molar-refractivity contribution in [3.63, 3.8) is 0 Å². The molecule has 4 heteroatoms. The number of pyridine rings is 1. The summed E-state index contributed by atoms with van der Waals surface area (Å²) in [7, 11) is 0. The lowest BCUT2D eigenvalue weighted by molar-refractivity contribution is -0.116. The largest absolute Gasteiger partial charge is 0.396 e. The van der Waals surface area contributed by atoms with Crippen molar-refractivity contribution in [2.45, 2.75) is 19.3 Å². The van der Waals surface area contributed by atoms with Gasteiger partial charge in [-0.1, -0.05) is 0 Å². The van der Waals surface area contributed by atoms with Crippen LogP contribution < -0.4 is 5.32 Å². The summed E-state index contributed by atoms with van der Waals surface area (Å²) in [5, 5.41) is 11.2. The van der Waals surface area contributed by atoms with Gasteiger partial charge in [0.2, 0.25) is 5.91 Å². The fourth-order valence-corrected chi connectivity index (χ4v) is 1.06. The third-order valence-corrected chi connectivity index (χ3v) is 1.76. The minimum atomic E-state index is -0.0357. The Labute approximate surface area is 83.0 Å². The van der Waals surface area contributed by atoms with Crippen molar-refractivity contribution in [3.8, 4) is 0 Å². The Balaban J connectivity index is 2.27. The van der Waals surface area contributed by atoms with E-state index in [0.717, 1.165) is 0 Å². The first kappa shape index (κ1) is 10.7. The zero-order valence-electron chi connectivity index (χ0n) is 7.94. The number of hydrogen-bond donors (Lipinski definition) is 2.